The van der Waals surface area contributed by atoms with E-state index in [0.29, 0.717) is 27.9 Å². The van der Waals surface area contributed by atoms with Gasteiger partial charge in [-0.15, -0.1) is 11.3 Å². The van der Waals surface area contributed by atoms with Crippen LogP contribution < -0.4 is 14.8 Å². The Balaban J connectivity index is 1.69. The minimum absolute atomic E-state index is 0.164. The lowest BCUT2D eigenvalue weighted by Crippen LogP contribution is -2.14. The summed E-state index contributed by atoms with van der Waals surface area (Å²) in [5.74, 6) is 1.05. The van der Waals surface area contributed by atoms with E-state index in [4.69, 9.17) is 21.1 Å². The summed E-state index contributed by atoms with van der Waals surface area (Å²) >= 11 is 7.50. The molecule has 2 aromatic carbocycles. The zero-order valence-corrected chi connectivity index (χ0v) is 15.9. The van der Waals surface area contributed by atoms with E-state index in [2.05, 4.69) is 10.3 Å². The molecule has 134 valence electrons. The van der Waals surface area contributed by atoms with Gasteiger partial charge in [0.25, 0.3) is 0 Å². The number of thiazole rings is 1. The highest BCUT2D eigenvalue weighted by atomic mass is 35.5. The van der Waals surface area contributed by atoms with Crippen molar-refractivity contribution in [1.82, 2.24) is 4.98 Å². The minimum atomic E-state index is -0.164. The normalized spacial score (nSPS) is 10.4. The largest absolute Gasteiger partial charge is 0.497 e. The lowest BCUT2D eigenvalue weighted by Gasteiger charge is -2.09. The molecule has 0 aliphatic rings. The Morgan fingerprint density at radius 3 is 2.54 bits per heavy atom. The van der Waals surface area contributed by atoms with Crippen molar-refractivity contribution >= 4 is 34.5 Å². The van der Waals surface area contributed by atoms with Gasteiger partial charge in [0, 0.05) is 39.9 Å². The standard InChI is InChI=1S/C19H17ClN2O3S/c1-24-16-7-14(8-17(10-16)25-2)21-18(23)9-15-11-26-19(22-15)12-4-3-5-13(20)6-12/h3-8,10-11H,9H2,1-2H3,(H,21,23). The van der Waals surface area contributed by atoms with Gasteiger partial charge in [0.2, 0.25) is 5.91 Å². The first kappa shape index (κ1) is 18.2. The molecule has 26 heavy (non-hydrogen) atoms. The summed E-state index contributed by atoms with van der Waals surface area (Å²) < 4.78 is 10.4. The number of benzene rings is 2. The molecule has 0 aliphatic carbocycles. The van der Waals surface area contributed by atoms with Crippen molar-refractivity contribution in [3.63, 3.8) is 0 Å². The number of hydrogen-bond acceptors (Lipinski definition) is 5. The summed E-state index contributed by atoms with van der Waals surface area (Å²) in [6.45, 7) is 0. The molecule has 7 heteroatoms. The van der Waals surface area contributed by atoms with Gasteiger partial charge in [0.15, 0.2) is 0 Å². The second-order valence-corrected chi connectivity index (χ2v) is 6.78. The predicted octanol–water partition coefficient (Wildman–Crippen LogP) is 4.66. The van der Waals surface area contributed by atoms with Crippen LogP contribution in [0.2, 0.25) is 5.02 Å². The molecule has 0 atom stereocenters. The molecular weight excluding hydrogens is 372 g/mol. The van der Waals surface area contributed by atoms with Crippen molar-refractivity contribution in [2.75, 3.05) is 19.5 Å². The molecule has 0 unspecified atom stereocenters. The second-order valence-electron chi connectivity index (χ2n) is 5.48. The van der Waals surface area contributed by atoms with Crippen LogP contribution in [0.15, 0.2) is 47.8 Å². The Morgan fingerprint density at radius 2 is 1.88 bits per heavy atom. The SMILES string of the molecule is COc1cc(NC(=O)Cc2csc(-c3cccc(Cl)c3)n2)cc(OC)c1. The number of anilines is 1. The average Bonchev–Trinajstić information content (AvgIpc) is 3.09. The van der Waals surface area contributed by atoms with E-state index in [1.165, 1.54) is 11.3 Å². The third-order valence-corrected chi connectivity index (χ3v) is 4.78. The van der Waals surface area contributed by atoms with Gasteiger partial charge in [-0.3, -0.25) is 4.79 Å². The van der Waals surface area contributed by atoms with E-state index in [0.717, 1.165) is 10.6 Å². The van der Waals surface area contributed by atoms with E-state index in [1.54, 1.807) is 32.4 Å². The van der Waals surface area contributed by atoms with Crippen LogP contribution in [0, 0.1) is 0 Å². The third kappa shape index (κ3) is 4.53. The topological polar surface area (TPSA) is 60.5 Å². The number of ether oxygens (including phenoxy) is 2. The predicted molar refractivity (Wildman–Crippen MR) is 104 cm³/mol. The number of methoxy groups -OCH3 is 2. The van der Waals surface area contributed by atoms with Gasteiger partial charge in [-0.1, -0.05) is 23.7 Å². The lowest BCUT2D eigenvalue weighted by molar-refractivity contribution is -0.115. The quantitative estimate of drug-likeness (QED) is 0.667. The van der Waals surface area contributed by atoms with Crippen LogP contribution in [0.4, 0.5) is 5.69 Å². The van der Waals surface area contributed by atoms with Gasteiger partial charge < -0.3 is 14.8 Å². The maximum atomic E-state index is 12.3. The molecule has 0 radical (unpaired) electrons. The molecule has 1 heterocycles. The monoisotopic (exact) mass is 388 g/mol. The average molecular weight is 389 g/mol. The van der Waals surface area contributed by atoms with Crippen LogP contribution in [0.25, 0.3) is 10.6 Å². The number of aromatic nitrogens is 1. The van der Waals surface area contributed by atoms with E-state index in [1.807, 2.05) is 29.6 Å². The Bertz CT molecular complexity index is 904. The molecule has 1 amide bonds. The molecule has 0 bridgehead atoms. The molecule has 1 aromatic heterocycles. The second kappa shape index (κ2) is 8.21. The van der Waals surface area contributed by atoms with Crippen LogP contribution in [0.3, 0.4) is 0 Å². The molecule has 3 aromatic rings. The van der Waals surface area contributed by atoms with E-state index in [-0.39, 0.29) is 12.3 Å². The number of carbonyl (C=O) groups is 1. The first-order chi connectivity index (χ1) is 12.6. The highest BCUT2D eigenvalue weighted by molar-refractivity contribution is 7.13. The molecule has 0 saturated carbocycles. The zero-order valence-electron chi connectivity index (χ0n) is 14.3. The highest BCUT2D eigenvalue weighted by Gasteiger charge is 2.11. The fourth-order valence-corrected chi connectivity index (χ4v) is 3.40. The molecule has 0 spiro atoms. The molecule has 0 aliphatic heterocycles. The van der Waals surface area contributed by atoms with Crippen LogP contribution in [0.5, 0.6) is 11.5 Å². The number of rotatable bonds is 6. The molecular formula is C19H17ClN2O3S. The van der Waals surface area contributed by atoms with Crippen LogP contribution in [-0.2, 0) is 11.2 Å². The van der Waals surface area contributed by atoms with Crippen LogP contribution in [-0.4, -0.2) is 25.1 Å². The van der Waals surface area contributed by atoms with E-state index < -0.39 is 0 Å². The number of hydrogen-bond donors (Lipinski definition) is 1. The smallest absolute Gasteiger partial charge is 0.230 e. The highest BCUT2D eigenvalue weighted by Crippen LogP contribution is 2.27. The van der Waals surface area contributed by atoms with E-state index >= 15 is 0 Å². The van der Waals surface area contributed by atoms with Gasteiger partial charge in [-0.2, -0.15) is 0 Å². The first-order valence-corrected chi connectivity index (χ1v) is 9.06. The molecule has 3 rings (SSSR count). The van der Waals surface area contributed by atoms with Crippen LogP contribution >= 0.6 is 22.9 Å². The molecule has 5 nitrogen and oxygen atoms in total. The fourth-order valence-electron chi connectivity index (χ4n) is 2.39. The van der Waals surface area contributed by atoms with Crippen molar-refractivity contribution in [1.29, 1.82) is 0 Å². The van der Waals surface area contributed by atoms with Crippen LogP contribution in [0.1, 0.15) is 5.69 Å². The number of nitrogens with one attached hydrogen (secondary N) is 1. The number of halogens is 1. The summed E-state index contributed by atoms with van der Waals surface area (Å²) in [4.78, 5) is 16.9. The summed E-state index contributed by atoms with van der Waals surface area (Å²) in [7, 11) is 3.13. The summed E-state index contributed by atoms with van der Waals surface area (Å²) in [6, 6.07) is 12.7. The van der Waals surface area contributed by atoms with Crippen molar-refractivity contribution < 1.29 is 14.3 Å². The van der Waals surface area contributed by atoms with Crippen molar-refractivity contribution in [2.24, 2.45) is 0 Å². The van der Waals surface area contributed by atoms with Crippen molar-refractivity contribution in [3.05, 3.63) is 58.6 Å². The summed E-state index contributed by atoms with van der Waals surface area (Å²) in [5, 5.41) is 6.21. The zero-order chi connectivity index (χ0) is 18.5. The molecule has 1 N–H and O–H groups in total. The Labute approximate surface area is 160 Å². The summed E-state index contributed by atoms with van der Waals surface area (Å²) in [6.07, 6.45) is 0.177. The number of carbonyl (C=O) groups excluding carboxylic acids is 1. The summed E-state index contributed by atoms with van der Waals surface area (Å²) in [5.41, 5.74) is 2.25. The van der Waals surface area contributed by atoms with Gasteiger partial charge in [0.1, 0.15) is 16.5 Å². The van der Waals surface area contributed by atoms with Gasteiger partial charge >= 0.3 is 0 Å². The third-order valence-electron chi connectivity index (χ3n) is 3.60. The first-order valence-electron chi connectivity index (χ1n) is 7.80. The van der Waals surface area contributed by atoms with E-state index in [9.17, 15) is 4.79 Å². The minimum Gasteiger partial charge on any atom is -0.497 e. The van der Waals surface area contributed by atoms with Gasteiger partial charge in [-0.05, 0) is 12.1 Å². The lowest BCUT2D eigenvalue weighted by atomic mass is 10.2. The van der Waals surface area contributed by atoms with Crippen molar-refractivity contribution in [2.45, 2.75) is 6.42 Å². The Kier molecular flexibility index (Phi) is 5.75. The van der Waals surface area contributed by atoms with Gasteiger partial charge in [-0.25, -0.2) is 4.98 Å². The number of amides is 1. The van der Waals surface area contributed by atoms with Crippen molar-refractivity contribution in [3.8, 4) is 22.1 Å². The number of nitrogens with zero attached hydrogens (tertiary/aromatic N) is 1. The maximum Gasteiger partial charge on any atom is 0.230 e. The molecule has 0 saturated heterocycles. The Hall–Kier alpha value is -2.57. The maximum absolute atomic E-state index is 12.3. The molecule has 0 fully saturated rings. The Morgan fingerprint density at radius 1 is 1.15 bits per heavy atom. The fraction of sp³-hybridized carbons (Fsp3) is 0.158. The van der Waals surface area contributed by atoms with Gasteiger partial charge in [0.05, 0.1) is 26.3 Å².